The number of hydrogen-bond donors (Lipinski definition) is 0. The van der Waals surface area contributed by atoms with Gasteiger partial charge >= 0.3 is 0 Å². The Kier molecular flexibility index (Phi) is 4.26. The summed E-state index contributed by atoms with van der Waals surface area (Å²) in [5.41, 5.74) is 2.73. The fourth-order valence-corrected chi connectivity index (χ4v) is 2.32. The van der Waals surface area contributed by atoms with E-state index in [-0.39, 0.29) is 5.82 Å². The van der Waals surface area contributed by atoms with Crippen LogP contribution >= 0.6 is 23.2 Å². The van der Waals surface area contributed by atoms with Crippen molar-refractivity contribution in [2.45, 2.75) is 18.7 Å². The summed E-state index contributed by atoms with van der Waals surface area (Å²) < 4.78 is 13.6. The largest absolute Gasteiger partial charge is 0.207 e. The van der Waals surface area contributed by atoms with E-state index in [1.54, 1.807) is 6.07 Å². The third kappa shape index (κ3) is 3.24. The first-order chi connectivity index (χ1) is 8.56. The summed E-state index contributed by atoms with van der Waals surface area (Å²) in [6, 6.07) is 12.5. The van der Waals surface area contributed by atoms with Gasteiger partial charge in [-0.1, -0.05) is 41.4 Å². The van der Waals surface area contributed by atoms with Crippen LogP contribution in [-0.4, -0.2) is 0 Å². The smallest absolute Gasteiger partial charge is 0.128 e. The summed E-state index contributed by atoms with van der Waals surface area (Å²) in [6.07, 6.45) is 0.582. The van der Waals surface area contributed by atoms with Crippen LogP contribution in [0.3, 0.4) is 0 Å². The van der Waals surface area contributed by atoms with E-state index >= 15 is 0 Å². The molecule has 0 saturated heterocycles. The first-order valence-corrected chi connectivity index (χ1v) is 6.52. The van der Waals surface area contributed by atoms with Crippen molar-refractivity contribution in [1.82, 2.24) is 0 Å². The van der Waals surface area contributed by atoms with Gasteiger partial charge in [0.2, 0.25) is 0 Å². The Morgan fingerprint density at radius 3 is 2.44 bits per heavy atom. The van der Waals surface area contributed by atoms with Gasteiger partial charge in [0, 0.05) is 10.6 Å². The molecule has 0 aliphatic carbocycles. The van der Waals surface area contributed by atoms with Gasteiger partial charge in [-0.25, -0.2) is 4.39 Å². The Hall–Kier alpha value is -1.05. The molecular formula is C15H13Cl2F. The number of halogens is 3. The average Bonchev–Trinajstić information content (AvgIpc) is 2.35. The molecule has 2 aromatic rings. The zero-order valence-corrected chi connectivity index (χ0v) is 11.5. The molecule has 3 heteroatoms. The van der Waals surface area contributed by atoms with Crippen molar-refractivity contribution in [3.63, 3.8) is 0 Å². The summed E-state index contributed by atoms with van der Waals surface area (Å²) in [7, 11) is 0. The van der Waals surface area contributed by atoms with E-state index < -0.39 is 5.38 Å². The van der Waals surface area contributed by atoms with Crippen LogP contribution in [0.1, 0.15) is 22.1 Å². The van der Waals surface area contributed by atoms with Crippen molar-refractivity contribution in [2.75, 3.05) is 0 Å². The number of hydrogen-bond acceptors (Lipinski definition) is 0. The van der Waals surface area contributed by atoms with Crippen LogP contribution < -0.4 is 0 Å². The number of rotatable bonds is 3. The molecule has 18 heavy (non-hydrogen) atoms. The molecule has 0 nitrogen and oxygen atoms in total. The third-order valence-electron chi connectivity index (χ3n) is 2.83. The zero-order valence-electron chi connectivity index (χ0n) is 9.96. The molecule has 0 aliphatic heterocycles. The van der Waals surface area contributed by atoms with Gasteiger partial charge in [0.05, 0.1) is 5.38 Å². The van der Waals surface area contributed by atoms with E-state index in [0.29, 0.717) is 17.0 Å². The van der Waals surface area contributed by atoms with Crippen LogP contribution in [0.5, 0.6) is 0 Å². The van der Waals surface area contributed by atoms with Gasteiger partial charge < -0.3 is 0 Å². The predicted octanol–water partition coefficient (Wildman–Crippen LogP) is 5.31. The second-order valence-corrected chi connectivity index (χ2v) is 5.29. The van der Waals surface area contributed by atoms with Crippen molar-refractivity contribution >= 4 is 23.2 Å². The number of alkyl halides is 1. The topological polar surface area (TPSA) is 0 Å². The SMILES string of the molecule is Cc1ccc(CC(Cl)c2cc(Cl)ccc2F)cc1. The molecule has 0 spiro atoms. The van der Waals surface area contributed by atoms with Crippen molar-refractivity contribution in [2.24, 2.45) is 0 Å². The molecule has 0 amide bonds. The van der Waals surface area contributed by atoms with Crippen molar-refractivity contribution in [1.29, 1.82) is 0 Å². The Bertz CT molecular complexity index is 535. The van der Waals surface area contributed by atoms with Crippen LogP contribution in [0, 0.1) is 12.7 Å². The van der Waals surface area contributed by atoms with E-state index in [0.717, 1.165) is 5.56 Å². The minimum Gasteiger partial charge on any atom is -0.207 e. The summed E-state index contributed by atoms with van der Waals surface area (Å²) >= 11 is 12.1. The van der Waals surface area contributed by atoms with Gasteiger partial charge in [-0.2, -0.15) is 0 Å². The van der Waals surface area contributed by atoms with E-state index in [2.05, 4.69) is 0 Å². The Morgan fingerprint density at radius 1 is 1.11 bits per heavy atom. The molecule has 0 radical (unpaired) electrons. The minimum atomic E-state index is -0.411. The summed E-state index contributed by atoms with van der Waals surface area (Å²) in [6.45, 7) is 2.03. The summed E-state index contributed by atoms with van der Waals surface area (Å²) in [5.74, 6) is -0.313. The summed E-state index contributed by atoms with van der Waals surface area (Å²) in [5, 5.41) is 0.0902. The molecular weight excluding hydrogens is 270 g/mol. The second kappa shape index (κ2) is 5.73. The average molecular weight is 283 g/mol. The molecule has 0 saturated carbocycles. The molecule has 94 valence electrons. The molecule has 0 N–H and O–H groups in total. The zero-order chi connectivity index (χ0) is 13.1. The quantitative estimate of drug-likeness (QED) is 0.669. The standard InChI is InChI=1S/C15H13Cl2F/c1-10-2-4-11(5-3-10)8-14(17)13-9-12(16)6-7-15(13)18/h2-7,9,14H,8H2,1H3. The van der Waals surface area contributed by atoms with E-state index in [4.69, 9.17) is 23.2 Å². The van der Waals surface area contributed by atoms with Crippen LogP contribution in [0.25, 0.3) is 0 Å². The number of benzene rings is 2. The van der Waals surface area contributed by atoms with Crippen LogP contribution in [-0.2, 0) is 6.42 Å². The molecule has 1 atom stereocenters. The molecule has 1 unspecified atom stereocenters. The van der Waals surface area contributed by atoms with Gasteiger partial charge in [0.15, 0.2) is 0 Å². The minimum absolute atomic E-state index is 0.313. The lowest BCUT2D eigenvalue weighted by Gasteiger charge is -2.11. The van der Waals surface area contributed by atoms with Gasteiger partial charge in [-0.3, -0.25) is 0 Å². The monoisotopic (exact) mass is 282 g/mol. The molecule has 2 rings (SSSR count). The first-order valence-electron chi connectivity index (χ1n) is 5.71. The fourth-order valence-electron chi connectivity index (χ4n) is 1.80. The van der Waals surface area contributed by atoms with Crippen LogP contribution in [0.2, 0.25) is 5.02 Å². The molecule has 2 aromatic carbocycles. The van der Waals surface area contributed by atoms with E-state index in [9.17, 15) is 4.39 Å². The third-order valence-corrected chi connectivity index (χ3v) is 3.46. The molecule has 0 bridgehead atoms. The fraction of sp³-hybridized carbons (Fsp3) is 0.200. The highest BCUT2D eigenvalue weighted by atomic mass is 35.5. The number of aryl methyl sites for hydroxylation is 1. The van der Waals surface area contributed by atoms with Gasteiger partial charge in [-0.05, 0) is 37.1 Å². The maximum absolute atomic E-state index is 13.6. The molecule has 0 aromatic heterocycles. The summed E-state index contributed by atoms with van der Waals surface area (Å²) in [4.78, 5) is 0. The Morgan fingerprint density at radius 2 is 1.78 bits per heavy atom. The molecule has 0 aliphatic rings. The van der Waals surface area contributed by atoms with Crippen molar-refractivity contribution in [3.8, 4) is 0 Å². The first kappa shape index (κ1) is 13.4. The maximum atomic E-state index is 13.6. The highest BCUT2D eigenvalue weighted by molar-refractivity contribution is 6.30. The molecule has 0 fully saturated rings. The highest BCUT2D eigenvalue weighted by Crippen LogP contribution is 2.29. The van der Waals surface area contributed by atoms with E-state index in [1.165, 1.54) is 17.7 Å². The normalized spacial score (nSPS) is 12.4. The van der Waals surface area contributed by atoms with Crippen LogP contribution in [0.15, 0.2) is 42.5 Å². The molecule has 0 heterocycles. The Balaban J connectivity index is 2.18. The van der Waals surface area contributed by atoms with Gasteiger partial charge in [0.1, 0.15) is 5.82 Å². The lowest BCUT2D eigenvalue weighted by molar-refractivity contribution is 0.606. The second-order valence-electron chi connectivity index (χ2n) is 4.32. The lowest BCUT2D eigenvalue weighted by atomic mass is 10.0. The van der Waals surface area contributed by atoms with Crippen LogP contribution in [0.4, 0.5) is 4.39 Å². The van der Waals surface area contributed by atoms with E-state index in [1.807, 2.05) is 31.2 Å². The van der Waals surface area contributed by atoms with Crippen molar-refractivity contribution in [3.05, 3.63) is 70.0 Å². The van der Waals surface area contributed by atoms with Gasteiger partial charge in [-0.15, -0.1) is 11.6 Å². The lowest BCUT2D eigenvalue weighted by Crippen LogP contribution is -1.99. The van der Waals surface area contributed by atoms with Gasteiger partial charge in [0.25, 0.3) is 0 Å². The Labute approximate surface area is 116 Å². The predicted molar refractivity (Wildman–Crippen MR) is 74.9 cm³/mol. The maximum Gasteiger partial charge on any atom is 0.128 e. The highest BCUT2D eigenvalue weighted by Gasteiger charge is 2.14. The van der Waals surface area contributed by atoms with Crippen molar-refractivity contribution < 1.29 is 4.39 Å².